The summed E-state index contributed by atoms with van der Waals surface area (Å²) in [6.45, 7) is 0.213. The Kier molecular flexibility index (Phi) is 2.18. The van der Waals surface area contributed by atoms with Gasteiger partial charge in [-0.05, 0) is 12.1 Å². The summed E-state index contributed by atoms with van der Waals surface area (Å²) >= 11 is 0. The van der Waals surface area contributed by atoms with Gasteiger partial charge in [0.15, 0.2) is 17.3 Å². The van der Waals surface area contributed by atoms with Gasteiger partial charge in [0, 0.05) is 24.1 Å². The maximum atomic E-state index is 11.7. The summed E-state index contributed by atoms with van der Waals surface area (Å²) < 4.78 is 10.4. The van der Waals surface area contributed by atoms with E-state index >= 15 is 0 Å². The van der Waals surface area contributed by atoms with E-state index < -0.39 is 0 Å². The van der Waals surface area contributed by atoms with Crippen molar-refractivity contribution < 1.29 is 14.3 Å². The molecule has 6 nitrogen and oxygen atoms in total. The average molecular weight is 231 g/mol. The highest BCUT2D eigenvalue weighted by molar-refractivity contribution is 6.01. The zero-order valence-corrected chi connectivity index (χ0v) is 8.77. The van der Waals surface area contributed by atoms with Crippen LogP contribution in [0.5, 0.6) is 11.5 Å². The van der Waals surface area contributed by atoms with Crippen LogP contribution in [-0.2, 0) is 0 Å². The lowest BCUT2D eigenvalue weighted by molar-refractivity contribution is 0.101. The summed E-state index contributed by atoms with van der Waals surface area (Å²) in [5.74, 6) is 1.28. The number of nitrogens with one attached hydrogen (secondary N) is 2. The molecular formula is C11H9N3O3. The molecule has 0 spiro atoms. The molecule has 1 aromatic carbocycles. The number of imidazole rings is 1. The van der Waals surface area contributed by atoms with Crippen LogP contribution < -0.4 is 14.8 Å². The second-order valence-corrected chi connectivity index (χ2v) is 3.46. The molecule has 3 rings (SSSR count). The Morgan fingerprint density at radius 3 is 3.06 bits per heavy atom. The molecule has 6 heteroatoms. The first-order chi connectivity index (χ1) is 8.33. The molecule has 0 saturated carbocycles. The number of hydrogen-bond acceptors (Lipinski definition) is 4. The van der Waals surface area contributed by atoms with E-state index in [1.807, 2.05) is 0 Å². The molecule has 1 amide bonds. The van der Waals surface area contributed by atoms with Crippen molar-refractivity contribution in [1.29, 1.82) is 0 Å². The largest absolute Gasteiger partial charge is 0.454 e. The Labute approximate surface area is 96.6 Å². The lowest BCUT2D eigenvalue weighted by Crippen LogP contribution is -2.13. The first kappa shape index (κ1) is 9.71. The average Bonchev–Trinajstić information content (AvgIpc) is 2.99. The number of carbonyl (C=O) groups excluding carboxylic acids is 1. The summed E-state index contributed by atoms with van der Waals surface area (Å²) in [7, 11) is 0. The Morgan fingerprint density at radius 2 is 2.24 bits per heavy atom. The minimum atomic E-state index is -0.297. The molecule has 2 heterocycles. The van der Waals surface area contributed by atoms with Crippen LogP contribution in [0.4, 0.5) is 5.69 Å². The minimum Gasteiger partial charge on any atom is -0.454 e. The molecule has 0 fully saturated rings. The van der Waals surface area contributed by atoms with Crippen molar-refractivity contribution in [1.82, 2.24) is 9.97 Å². The highest BCUT2D eigenvalue weighted by Gasteiger charge is 2.15. The molecular weight excluding hydrogens is 222 g/mol. The standard InChI is InChI=1S/C11H9N3O3/c15-11(10-12-3-4-13-10)14-7-1-2-8-9(5-7)17-6-16-8/h1-5H,6H2,(H,12,13)(H,14,15). The van der Waals surface area contributed by atoms with Crippen LogP contribution >= 0.6 is 0 Å². The molecule has 2 N–H and O–H groups in total. The molecule has 0 bridgehead atoms. The summed E-state index contributed by atoms with van der Waals surface area (Å²) in [6, 6.07) is 5.21. The fourth-order valence-electron chi connectivity index (χ4n) is 1.55. The number of rotatable bonds is 2. The van der Waals surface area contributed by atoms with E-state index in [4.69, 9.17) is 9.47 Å². The number of anilines is 1. The molecule has 1 aliphatic heterocycles. The van der Waals surface area contributed by atoms with Crippen molar-refractivity contribution in [2.45, 2.75) is 0 Å². The van der Waals surface area contributed by atoms with Crippen molar-refractivity contribution >= 4 is 11.6 Å². The third-order valence-electron chi connectivity index (χ3n) is 2.34. The van der Waals surface area contributed by atoms with E-state index in [1.165, 1.54) is 6.20 Å². The molecule has 1 aliphatic rings. The van der Waals surface area contributed by atoms with Crippen molar-refractivity contribution in [3.8, 4) is 11.5 Å². The van der Waals surface area contributed by atoms with Gasteiger partial charge in [0.2, 0.25) is 6.79 Å². The zero-order valence-electron chi connectivity index (χ0n) is 8.77. The fourth-order valence-corrected chi connectivity index (χ4v) is 1.55. The second kappa shape index (κ2) is 3.82. The maximum absolute atomic E-state index is 11.7. The first-order valence-corrected chi connectivity index (χ1v) is 5.03. The normalized spacial score (nSPS) is 12.5. The summed E-state index contributed by atoms with van der Waals surface area (Å²) in [4.78, 5) is 18.3. The van der Waals surface area contributed by atoms with Crippen molar-refractivity contribution in [3.05, 3.63) is 36.4 Å². The molecule has 0 unspecified atom stereocenters. The van der Waals surface area contributed by atoms with Gasteiger partial charge in [-0.15, -0.1) is 0 Å². The van der Waals surface area contributed by atoms with Crippen LogP contribution in [0.25, 0.3) is 0 Å². The highest BCUT2D eigenvalue weighted by Crippen LogP contribution is 2.34. The molecule has 17 heavy (non-hydrogen) atoms. The van der Waals surface area contributed by atoms with Gasteiger partial charge in [0.25, 0.3) is 5.91 Å². The van der Waals surface area contributed by atoms with E-state index in [1.54, 1.807) is 24.4 Å². The molecule has 0 saturated heterocycles. The lowest BCUT2D eigenvalue weighted by atomic mass is 10.3. The molecule has 0 aliphatic carbocycles. The number of aromatic nitrogens is 2. The van der Waals surface area contributed by atoms with Gasteiger partial charge in [-0.1, -0.05) is 0 Å². The van der Waals surface area contributed by atoms with Gasteiger partial charge in [-0.3, -0.25) is 4.79 Å². The Hall–Kier alpha value is -2.50. The Bertz CT molecular complexity index is 551. The topological polar surface area (TPSA) is 76.2 Å². The van der Waals surface area contributed by atoms with E-state index in [0.29, 0.717) is 17.2 Å². The predicted octanol–water partition coefficient (Wildman–Crippen LogP) is 1.39. The first-order valence-electron chi connectivity index (χ1n) is 5.03. The van der Waals surface area contributed by atoms with Crippen LogP contribution in [-0.4, -0.2) is 22.7 Å². The van der Waals surface area contributed by atoms with Crippen molar-refractivity contribution in [2.75, 3.05) is 12.1 Å². The van der Waals surface area contributed by atoms with E-state index in [2.05, 4.69) is 15.3 Å². The van der Waals surface area contributed by atoms with Gasteiger partial charge in [0.05, 0.1) is 0 Å². The minimum absolute atomic E-state index is 0.213. The zero-order chi connectivity index (χ0) is 11.7. The third kappa shape index (κ3) is 1.80. The number of nitrogens with zero attached hydrogens (tertiary/aromatic N) is 1. The maximum Gasteiger partial charge on any atom is 0.291 e. The summed E-state index contributed by atoms with van der Waals surface area (Å²) in [5.41, 5.74) is 0.635. The van der Waals surface area contributed by atoms with Gasteiger partial charge in [0.1, 0.15) is 0 Å². The number of carbonyl (C=O) groups is 1. The van der Waals surface area contributed by atoms with Gasteiger partial charge < -0.3 is 19.8 Å². The molecule has 0 atom stereocenters. The number of ether oxygens (including phenoxy) is 2. The number of benzene rings is 1. The molecule has 1 aromatic heterocycles. The SMILES string of the molecule is O=C(Nc1ccc2c(c1)OCO2)c1ncc[nH]1. The second-order valence-electron chi connectivity index (χ2n) is 3.46. The lowest BCUT2D eigenvalue weighted by Gasteiger charge is -2.04. The highest BCUT2D eigenvalue weighted by atomic mass is 16.7. The van der Waals surface area contributed by atoms with Crippen LogP contribution in [0.2, 0.25) is 0 Å². The summed E-state index contributed by atoms with van der Waals surface area (Å²) in [6.07, 6.45) is 3.11. The van der Waals surface area contributed by atoms with Crippen LogP contribution in [0, 0.1) is 0 Å². The van der Waals surface area contributed by atoms with Gasteiger partial charge >= 0.3 is 0 Å². The molecule has 86 valence electrons. The van der Waals surface area contributed by atoms with Crippen LogP contribution in [0.3, 0.4) is 0 Å². The van der Waals surface area contributed by atoms with E-state index in [9.17, 15) is 4.79 Å². The number of amides is 1. The monoisotopic (exact) mass is 231 g/mol. The van der Waals surface area contributed by atoms with E-state index in [0.717, 1.165) is 0 Å². The number of hydrogen-bond donors (Lipinski definition) is 2. The predicted molar refractivity (Wildman–Crippen MR) is 59.1 cm³/mol. The molecule has 0 radical (unpaired) electrons. The third-order valence-corrected chi connectivity index (χ3v) is 2.34. The Balaban J connectivity index is 1.80. The quantitative estimate of drug-likeness (QED) is 0.818. The number of fused-ring (bicyclic) bond motifs is 1. The van der Waals surface area contributed by atoms with Gasteiger partial charge in [-0.25, -0.2) is 4.98 Å². The van der Waals surface area contributed by atoms with Crippen molar-refractivity contribution in [2.24, 2.45) is 0 Å². The van der Waals surface area contributed by atoms with Crippen molar-refractivity contribution in [3.63, 3.8) is 0 Å². The number of H-pyrrole nitrogens is 1. The summed E-state index contributed by atoms with van der Waals surface area (Å²) in [5, 5.41) is 2.71. The number of aromatic amines is 1. The fraction of sp³-hybridized carbons (Fsp3) is 0.0909. The van der Waals surface area contributed by atoms with E-state index in [-0.39, 0.29) is 18.5 Å². The molecule has 2 aromatic rings. The van der Waals surface area contributed by atoms with Crippen LogP contribution in [0.15, 0.2) is 30.6 Å². The Morgan fingerprint density at radius 1 is 1.35 bits per heavy atom. The van der Waals surface area contributed by atoms with Gasteiger partial charge in [-0.2, -0.15) is 0 Å². The van der Waals surface area contributed by atoms with Crippen LogP contribution in [0.1, 0.15) is 10.6 Å². The smallest absolute Gasteiger partial charge is 0.291 e.